The Hall–Kier alpha value is -2.68. The van der Waals surface area contributed by atoms with Gasteiger partial charge in [0.25, 0.3) is 11.6 Å². The molecule has 0 fully saturated rings. The van der Waals surface area contributed by atoms with E-state index in [1.165, 1.54) is 12.1 Å². The molecule has 1 amide bonds. The number of aliphatic carboxylic acids is 1. The molecule has 0 atom stereocenters. The number of nitrogens with one attached hydrogen (secondary N) is 1. The van der Waals surface area contributed by atoms with Crippen molar-refractivity contribution < 1.29 is 29.2 Å². The predicted molar refractivity (Wildman–Crippen MR) is 65.3 cm³/mol. The molecule has 0 saturated heterocycles. The molecule has 0 radical (unpaired) electrons. The fourth-order valence-corrected chi connectivity index (χ4v) is 1.39. The molecule has 0 heterocycles. The van der Waals surface area contributed by atoms with Gasteiger partial charge in [-0.15, -0.1) is 0 Å². The van der Waals surface area contributed by atoms with E-state index in [0.717, 1.165) is 6.07 Å². The molecular formula is C11H12N2O7. The van der Waals surface area contributed by atoms with Gasteiger partial charge in [0.1, 0.15) is 5.75 Å². The van der Waals surface area contributed by atoms with Crippen LogP contribution in [0, 0.1) is 10.1 Å². The van der Waals surface area contributed by atoms with Crippen molar-refractivity contribution in [3.63, 3.8) is 0 Å². The van der Waals surface area contributed by atoms with Crippen LogP contribution in [0.3, 0.4) is 0 Å². The van der Waals surface area contributed by atoms with E-state index in [2.05, 4.69) is 4.84 Å². The first-order valence-corrected chi connectivity index (χ1v) is 5.51. The second-order valence-electron chi connectivity index (χ2n) is 3.45. The molecule has 20 heavy (non-hydrogen) atoms. The number of nitro benzene ring substituents is 1. The maximum Gasteiger partial charge on any atom is 0.332 e. The molecule has 108 valence electrons. The summed E-state index contributed by atoms with van der Waals surface area (Å²) in [4.78, 5) is 36.6. The number of carboxylic acids is 1. The van der Waals surface area contributed by atoms with E-state index in [1.54, 1.807) is 6.92 Å². The lowest BCUT2D eigenvalue weighted by molar-refractivity contribution is -0.385. The molecule has 0 aromatic heterocycles. The number of rotatable bonds is 7. The van der Waals surface area contributed by atoms with E-state index < -0.39 is 29.1 Å². The molecule has 2 N–H and O–H groups in total. The number of hydrogen-bond acceptors (Lipinski definition) is 6. The van der Waals surface area contributed by atoms with Crippen molar-refractivity contribution in [2.24, 2.45) is 0 Å². The first-order chi connectivity index (χ1) is 9.47. The number of nitrogens with zero attached hydrogens (tertiary/aromatic N) is 1. The zero-order valence-corrected chi connectivity index (χ0v) is 10.5. The number of benzene rings is 1. The number of amides is 1. The van der Waals surface area contributed by atoms with E-state index in [0.29, 0.717) is 0 Å². The fourth-order valence-electron chi connectivity index (χ4n) is 1.39. The molecule has 0 aliphatic heterocycles. The molecule has 0 unspecified atom stereocenters. The van der Waals surface area contributed by atoms with Crippen LogP contribution in [0.25, 0.3) is 0 Å². The number of nitro groups is 1. The summed E-state index contributed by atoms with van der Waals surface area (Å²) in [5.74, 6) is -2.24. The Morgan fingerprint density at radius 1 is 1.45 bits per heavy atom. The largest absolute Gasteiger partial charge is 0.493 e. The third-order valence-electron chi connectivity index (χ3n) is 2.09. The Morgan fingerprint density at radius 2 is 2.15 bits per heavy atom. The molecule has 9 nitrogen and oxygen atoms in total. The summed E-state index contributed by atoms with van der Waals surface area (Å²) in [7, 11) is 0. The van der Waals surface area contributed by atoms with Gasteiger partial charge in [-0.2, -0.15) is 0 Å². The van der Waals surface area contributed by atoms with Crippen LogP contribution in [-0.2, 0) is 9.63 Å². The summed E-state index contributed by atoms with van der Waals surface area (Å²) in [6.07, 6.45) is 0. The normalized spacial score (nSPS) is 9.85. The van der Waals surface area contributed by atoms with Crippen molar-refractivity contribution in [1.29, 1.82) is 0 Å². The number of carbonyl (C=O) groups is 2. The molecule has 1 aromatic carbocycles. The average molecular weight is 284 g/mol. The Balaban J connectivity index is 3.02. The van der Waals surface area contributed by atoms with Crippen LogP contribution < -0.4 is 10.2 Å². The molecule has 0 spiro atoms. The smallest absolute Gasteiger partial charge is 0.332 e. The van der Waals surface area contributed by atoms with E-state index in [1.807, 2.05) is 5.48 Å². The van der Waals surface area contributed by atoms with Gasteiger partial charge in [-0.3, -0.25) is 19.7 Å². The molecular weight excluding hydrogens is 272 g/mol. The van der Waals surface area contributed by atoms with Crippen molar-refractivity contribution in [3.8, 4) is 5.75 Å². The van der Waals surface area contributed by atoms with Crippen molar-refractivity contribution >= 4 is 17.6 Å². The summed E-state index contributed by atoms with van der Waals surface area (Å²) >= 11 is 0. The van der Waals surface area contributed by atoms with E-state index in [-0.39, 0.29) is 17.9 Å². The zero-order valence-electron chi connectivity index (χ0n) is 10.5. The average Bonchev–Trinajstić information content (AvgIpc) is 2.38. The van der Waals surface area contributed by atoms with Crippen molar-refractivity contribution in [2.75, 3.05) is 13.2 Å². The van der Waals surface area contributed by atoms with Gasteiger partial charge < -0.3 is 9.84 Å². The monoisotopic (exact) mass is 284 g/mol. The predicted octanol–water partition coefficient (Wildman–Crippen LogP) is 0.739. The summed E-state index contributed by atoms with van der Waals surface area (Å²) in [5, 5.41) is 19.3. The van der Waals surface area contributed by atoms with Crippen LogP contribution in [0.1, 0.15) is 17.3 Å². The fraction of sp³-hybridized carbons (Fsp3) is 0.273. The van der Waals surface area contributed by atoms with Gasteiger partial charge >= 0.3 is 5.97 Å². The number of carboxylic acid groups (broad SMARTS) is 1. The first-order valence-electron chi connectivity index (χ1n) is 5.51. The van der Waals surface area contributed by atoms with Crippen molar-refractivity contribution in [2.45, 2.75) is 6.92 Å². The number of ether oxygens (including phenoxy) is 1. The minimum atomic E-state index is -1.29. The maximum atomic E-state index is 11.8. The molecule has 0 aliphatic carbocycles. The van der Waals surface area contributed by atoms with Crippen LogP contribution in [0.4, 0.5) is 5.69 Å². The second-order valence-corrected chi connectivity index (χ2v) is 3.45. The number of hydrogen-bond donors (Lipinski definition) is 2. The Labute approximate surface area is 113 Å². The highest BCUT2D eigenvalue weighted by atomic mass is 16.7. The van der Waals surface area contributed by atoms with Gasteiger partial charge in [-0.25, -0.2) is 10.3 Å². The van der Waals surface area contributed by atoms with Crippen molar-refractivity contribution in [3.05, 3.63) is 33.9 Å². The lowest BCUT2D eigenvalue weighted by Gasteiger charge is -2.10. The molecule has 0 bridgehead atoms. The van der Waals surface area contributed by atoms with Crippen LogP contribution in [-0.4, -0.2) is 35.1 Å². The Bertz CT molecular complexity index is 530. The highest BCUT2D eigenvalue weighted by molar-refractivity contribution is 6.00. The topological polar surface area (TPSA) is 128 Å². The molecule has 1 aromatic rings. The van der Waals surface area contributed by atoms with Gasteiger partial charge in [0.05, 0.1) is 11.5 Å². The lowest BCUT2D eigenvalue weighted by atomic mass is 10.1. The van der Waals surface area contributed by atoms with E-state index in [9.17, 15) is 19.7 Å². The third kappa shape index (κ3) is 3.92. The molecule has 9 heteroatoms. The minimum absolute atomic E-state index is 0.0122. The summed E-state index contributed by atoms with van der Waals surface area (Å²) in [5.41, 5.74) is 1.03. The van der Waals surface area contributed by atoms with E-state index >= 15 is 0 Å². The van der Waals surface area contributed by atoms with Crippen LogP contribution in [0.15, 0.2) is 18.2 Å². The van der Waals surface area contributed by atoms with Crippen molar-refractivity contribution in [1.82, 2.24) is 5.48 Å². The van der Waals surface area contributed by atoms with Gasteiger partial charge in [0.15, 0.2) is 12.2 Å². The van der Waals surface area contributed by atoms with Gasteiger partial charge in [-0.1, -0.05) is 6.07 Å². The highest BCUT2D eigenvalue weighted by Crippen LogP contribution is 2.28. The lowest BCUT2D eigenvalue weighted by Crippen LogP contribution is -2.27. The minimum Gasteiger partial charge on any atom is -0.493 e. The van der Waals surface area contributed by atoms with Gasteiger partial charge in [-0.05, 0) is 13.0 Å². The molecule has 1 rings (SSSR count). The highest BCUT2D eigenvalue weighted by Gasteiger charge is 2.25. The summed E-state index contributed by atoms with van der Waals surface area (Å²) in [6.45, 7) is 1.09. The third-order valence-corrected chi connectivity index (χ3v) is 2.09. The molecule has 0 aliphatic rings. The maximum absolute atomic E-state index is 11.8. The number of hydroxylamine groups is 1. The van der Waals surface area contributed by atoms with Crippen LogP contribution in [0.2, 0.25) is 0 Å². The van der Waals surface area contributed by atoms with E-state index in [4.69, 9.17) is 9.84 Å². The Morgan fingerprint density at radius 3 is 2.70 bits per heavy atom. The van der Waals surface area contributed by atoms with Crippen LogP contribution >= 0.6 is 0 Å². The van der Waals surface area contributed by atoms with Gasteiger partial charge in [0, 0.05) is 6.07 Å². The Kier molecular flexibility index (Phi) is 5.42. The zero-order chi connectivity index (χ0) is 15.1. The molecule has 0 saturated carbocycles. The second kappa shape index (κ2) is 7.04. The van der Waals surface area contributed by atoms with Gasteiger partial charge in [0.2, 0.25) is 0 Å². The van der Waals surface area contributed by atoms with Crippen LogP contribution in [0.5, 0.6) is 5.75 Å². The summed E-state index contributed by atoms with van der Waals surface area (Å²) in [6, 6.07) is 3.90. The summed E-state index contributed by atoms with van der Waals surface area (Å²) < 4.78 is 5.14. The SMILES string of the molecule is CCOc1cccc([N+](=O)[O-])c1C(=O)NOCC(=O)O. The quantitative estimate of drug-likeness (QED) is 0.558. The standard InChI is InChI=1S/C11H12N2O7/c1-2-19-8-5-3-4-7(13(17)18)10(8)11(16)12-20-6-9(14)15/h3-5H,2,6H2,1H3,(H,12,16)(H,14,15). The first kappa shape index (κ1) is 15.4. The number of carbonyl (C=O) groups excluding carboxylic acids is 1.